The van der Waals surface area contributed by atoms with E-state index in [9.17, 15) is 22.8 Å². The zero-order valence-corrected chi connectivity index (χ0v) is 20.9. The average molecular weight is 534 g/mol. The molecule has 0 radical (unpaired) electrons. The van der Waals surface area contributed by atoms with E-state index in [1.54, 1.807) is 37.4 Å². The number of aromatic nitrogens is 5. The van der Waals surface area contributed by atoms with Crippen LogP contribution in [0.3, 0.4) is 0 Å². The Balaban J connectivity index is 1.63. The number of benzene rings is 2. The van der Waals surface area contributed by atoms with Crippen molar-refractivity contribution in [1.29, 1.82) is 0 Å². The number of alkyl halides is 3. The van der Waals surface area contributed by atoms with Crippen molar-refractivity contribution in [1.82, 2.24) is 24.4 Å². The molecule has 0 aliphatic rings. The zero-order chi connectivity index (χ0) is 27.7. The van der Waals surface area contributed by atoms with Gasteiger partial charge in [0.2, 0.25) is 0 Å². The molecule has 0 aliphatic heterocycles. The number of esters is 1. The van der Waals surface area contributed by atoms with Gasteiger partial charge in [0.1, 0.15) is 5.69 Å². The van der Waals surface area contributed by atoms with Gasteiger partial charge in [-0.2, -0.15) is 22.8 Å². The Labute approximate surface area is 220 Å². The second-order valence-corrected chi connectivity index (χ2v) is 8.82. The Kier molecular flexibility index (Phi) is 6.73. The molecule has 39 heavy (non-hydrogen) atoms. The first-order valence-corrected chi connectivity index (χ1v) is 12.0. The highest BCUT2D eigenvalue weighted by molar-refractivity contribution is 5.94. The second kappa shape index (κ2) is 10.2. The van der Waals surface area contributed by atoms with Crippen LogP contribution in [0.1, 0.15) is 34.1 Å². The summed E-state index contributed by atoms with van der Waals surface area (Å²) in [5.74, 6) is -0.451. The summed E-state index contributed by atoms with van der Waals surface area (Å²) in [4.78, 5) is 28.8. The van der Waals surface area contributed by atoms with E-state index >= 15 is 0 Å². The summed E-state index contributed by atoms with van der Waals surface area (Å²) in [6.45, 7) is 3.84. The van der Waals surface area contributed by atoms with Crippen molar-refractivity contribution in [3.8, 4) is 22.3 Å². The number of rotatable bonds is 6. The van der Waals surface area contributed by atoms with E-state index in [0.29, 0.717) is 27.8 Å². The first-order chi connectivity index (χ1) is 18.7. The van der Waals surface area contributed by atoms with Gasteiger partial charge >= 0.3 is 17.8 Å². The minimum atomic E-state index is -4.56. The molecule has 0 spiro atoms. The lowest BCUT2D eigenvalue weighted by atomic mass is 9.96. The Morgan fingerprint density at radius 1 is 0.949 bits per heavy atom. The molecule has 0 fully saturated rings. The van der Waals surface area contributed by atoms with E-state index in [-0.39, 0.29) is 18.8 Å². The molecule has 198 valence electrons. The largest absolute Gasteiger partial charge is 0.462 e. The molecule has 0 unspecified atom stereocenters. The molecule has 5 rings (SSSR count). The summed E-state index contributed by atoms with van der Waals surface area (Å²) >= 11 is 0. The lowest BCUT2D eigenvalue weighted by Crippen LogP contribution is -2.23. The molecule has 0 bridgehead atoms. The Morgan fingerprint density at radius 2 is 1.64 bits per heavy atom. The smallest absolute Gasteiger partial charge is 0.433 e. The summed E-state index contributed by atoms with van der Waals surface area (Å²) in [5.41, 5.74) is 3.31. The second-order valence-electron chi connectivity index (χ2n) is 8.82. The van der Waals surface area contributed by atoms with E-state index in [1.807, 2.05) is 31.2 Å². The van der Waals surface area contributed by atoms with Crippen LogP contribution in [0, 0.1) is 6.92 Å². The van der Waals surface area contributed by atoms with E-state index in [2.05, 4.69) is 15.2 Å². The molecule has 5 aromatic rings. The van der Waals surface area contributed by atoms with Crippen LogP contribution >= 0.6 is 0 Å². The van der Waals surface area contributed by atoms with Gasteiger partial charge in [0, 0.05) is 17.3 Å². The summed E-state index contributed by atoms with van der Waals surface area (Å²) in [7, 11) is 0. The maximum absolute atomic E-state index is 13.2. The Morgan fingerprint density at radius 3 is 2.26 bits per heavy atom. The number of carbonyl (C=O) groups is 1. The number of halogens is 3. The lowest BCUT2D eigenvalue weighted by molar-refractivity contribution is -0.141. The maximum Gasteiger partial charge on any atom is 0.433 e. The number of nitrogens with zero attached hydrogens (tertiary/aromatic N) is 5. The molecular weight excluding hydrogens is 511 g/mol. The topological polar surface area (TPSA) is 91.4 Å². The molecule has 3 heterocycles. The third kappa shape index (κ3) is 5.15. The van der Waals surface area contributed by atoms with E-state index in [4.69, 9.17) is 4.74 Å². The van der Waals surface area contributed by atoms with Crippen LogP contribution in [0.2, 0.25) is 0 Å². The van der Waals surface area contributed by atoms with Crippen LogP contribution in [0.25, 0.3) is 27.9 Å². The molecule has 2 aromatic carbocycles. The summed E-state index contributed by atoms with van der Waals surface area (Å²) in [6.07, 6.45) is -1.93. The van der Waals surface area contributed by atoms with Crippen molar-refractivity contribution < 1.29 is 22.7 Å². The zero-order valence-electron chi connectivity index (χ0n) is 20.9. The van der Waals surface area contributed by atoms with E-state index in [0.717, 1.165) is 32.6 Å². The lowest BCUT2D eigenvalue weighted by Gasteiger charge is -2.11. The van der Waals surface area contributed by atoms with Gasteiger partial charge in [0.15, 0.2) is 5.65 Å². The monoisotopic (exact) mass is 533 g/mol. The van der Waals surface area contributed by atoms with Crippen LogP contribution in [-0.4, -0.2) is 37.0 Å². The highest BCUT2D eigenvalue weighted by Gasteiger charge is 2.32. The number of aryl methyl sites for hydroxylation is 1. The molecule has 0 N–H and O–H groups in total. The number of hydrogen-bond acceptors (Lipinski definition) is 6. The molecular formula is C28H22F3N5O3. The molecule has 0 saturated carbocycles. The van der Waals surface area contributed by atoms with E-state index in [1.165, 1.54) is 6.07 Å². The Bertz CT molecular complexity index is 1710. The van der Waals surface area contributed by atoms with Crippen molar-refractivity contribution in [2.24, 2.45) is 0 Å². The average Bonchev–Trinajstić information content (AvgIpc) is 3.23. The number of carbonyl (C=O) groups excluding carboxylic acids is 1. The highest BCUT2D eigenvalue weighted by Crippen LogP contribution is 2.34. The van der Waals surface area contributed by atoms with Crippen molar-refractivity contribution in [3.05, 3.63) is 106 Å². The van der Waals surface area contributed by atoms with Crippen LogP contribution in [0.15, 0.2) is 77.9 Å². The number of ether oxygens (including phenoxy) is 1. The van der Waals surface area contributed by atoms with Crippen LogP contribution < -0.4 is 5.69 Å². The number of pyridine rings is 1. The fourth-order valence-electron chi connectivity index (χ4n) is 4.15. The standard InChI is InChI=1S/C28H22F3N5O3/c1-3-39-26(37)21-11-9-20(10-12-21)24-22(19-7-4-17(2)5-8-19)15-33-36-25(24)34-35(27(36)38)16-18-6-13-23(32-14-18)28(29,30)31/h4-15H,3,16H2,1-2H3. The van der Waals surface area contributed by atoms with Gasteiger partial charge in [-0.3, -0.25) is 4.98 Å². The van der Waals surface area contributed by atoms with Crippen molar-refractivity contribution in [2.45, 2.75) is 26.6 Å². The molecule has 3 aromatic heterocycles. The maximum atomic E-state index is 13.2. The quantitative estimate of drug-likeness (QED) is 0.280. The van der Waals surface area contributed by atoms with Gasteiger partial charge in [0.25, 0.3) is 0 Å². The molecule has 8 nitrogen and oxygen atoms in total. The van der Waals surface area contributed by atoms with Gasteiger partial charge in [-0.25, -0.2) is 14.3 Å². The normalized spacial score (nSPS) is 11.6. The summed E-state index contributed by atoms with van der Waals surface area (Å²) < 4.78 is 46.0. The minimum absolute atomic E-state index is 0.103. The van der Waals surface area contributed by atoms with Crippen LogP contribution in [0.5, 0.6) is 0 Å². The number of hydrogen-bond donors (Lipinski definition) is 0. The van der Waals surface area contributed by atoms with E-state index < -0.39 is 23.5 Å². The fraction of sp³-hybridized carbons (Fsp3) is 0.179. The van der Waals surface area contributed by atoms with Gasteiger partial charge in [-0.15, -0.1) is 5.10 Å². The fourth-order valence-corrected chi connectivity index (χ4v) is 4.15. The molecule has 0 saturated heterocycles. The SMILES string of the molecule is CCOC(=O)c1ccc(-c2c(-c3ccc(C)cc3)cnn3c(=O)n(Cc4ccc(C(F)(F)F)nc4)nc23)cc1. The minimum Gasteiger partial charge on any atom is -0.462 e. The predicted molar refractivity (Wildman–Crippen MR) is 137 cm³/mol. The van der Waals surface area contributed by atoms with Crippen molar-refractivity contribution in [2.75, 3.05) is 6.61 Å². The predicted octanol–water partition coefficient (Wildman–Crippen LogP) is 5.17. The Hall–Kier alpha value is -4.80. The molecule has 0 amide bonds. The summed E-state index contributed by atoms with van der Waals surface area (Å²) in [5, 5.41) is 8.84. The summed E-state index contributed by atoms with van der Waals surface area (Å²) in [6, 6.07) is 16.6. The third-order valence-electron chi connectivity index (χ3n) is 6.11. The molecule has 0 aliphatic carbocycles. The van der Waals surface area contributed by atoms with Gasteiger partial charge < -0.3 is 4.74 Å². The van der Waals surface area contributed by atoms with Gasteiger partial charge in [0.05, 0.1) is 24.9 Å². The number of fused-ring (bicyclic) bond motifs is 1. The first kappa shape index (κ1) is 25.8. The van der Waals surface area contributed by atoms with Crippen molar-refractivity contribution in [3.63, 3.8) is 0 Å². The highest BCUT2D eigenvalue weighted by atomic mass is 19.4. The first-order valence-electron chi connectivity index (χ1n) is 12.0. The van der Waals surface area contributed by atoms with Gasteiger partial charge in [-0.1, -0.05) is 48.0 Å². The van der Waals surface area contributed by atoms with Gasteiger partial charge in [-0.05, 0) is 48.7 Å². The third-order valence-corrected chi connectivity index (χ3v) is 6.11. The molecule has 0 atom stereocenters. The van der Waals surface area contributed by atoms with Crippen LogP contribution in [0.4, 0.5) is 13.2 Å². The van der Waals surface area contributed by atoms with Crippen LogP contribution in [-0.2, 0) is 17.5 Å². The van der Waals surface area contributed by atoms with Crippen molar-refractivity contribution >= 4 is 11.6 Å². The molecule has 11 heteroatoms.